The minimum atomic E-state index is -0.772. The Bertz CT molecular complexity index is 512. The van der Waals surface area contributed by atoms with Crippen LogP contribution < -0.4 is 10.6 Å². The molecule has 5 nitrogen and oxygen atoms in total. The predicted molar refractivity (Wildman–Crippen MR) is 77.1 cm³/mol. The average molecular weight is 296 g/mol. The van der Waals surface area contributed by atoms with Crippen molar-refractivity contribution in [3.05, 3.63) is 35.6 Å². The lowest BCUT2D eigenvalue weighted by Crippen LogP contribution is -2.46. The van der Waals surface area contributed by atoms with Gasteiger partial charge in [-0.25, -0.2) is 9.18 Å². The van der Waals surface area contributed by atoms with Crippen LogP contribution in [0.3, 0.4) is 0 Å². The van der Waals surface area contributed by atoms with Gasteiger partial charge in [0.25, 0.3) is 0 Å². The molecule has 0 radical (unpaired) electrons. The van der Waals surface area contributed by atoms with Crippen molar-refractivity contribution in [2.75, 3.05) is 0 Å². The van der Waals surface area contributed by atoms with E-state index in [1.54, 1.807) is 39.0 Å². The normalized spacial score (nSPS) is 12.4. The summed E-state index contributed by atoms with van der Waals surface area (Å²) in [6, 6.07) is 5.40. The van der Waals surface area contributed by atoms with Crippen molar-refractivity contribution in [2.24, 2.45) is 0 Å². The number of benzene rings is 1. The van der Waals surface area contributed by atoms with Gasteiger partial charge in [0.05, 0.1) is 0 Å². The lowest BCUT2D eigenvalue weighted by atomic mass is 10.2. The van der Waals surface area contributed by atoms with Gasteiger partial charge in [-0.05, 0) is 33.8 Å². The molecule has 0 saturated carbocycles. The fraction of sp³-hybridized carbons (Fsp3) is 0.467. The Morgan fingerprint density at radius 2 is 1.90 bits per heavy atom. The fourth-order valence-corrected chi connectivity index (χ4v) is 1.53. The summed E-state index contributed by atoms with van der Waals surface area (Å²) in [5.41, 5.74) is -0.247. The first kappa shape index (κ1) is 16.9. The third-order valence-corrected chi connectivity index (χ3v) is 2.54. The molecule has 0 aliphatic heterocycles. The Hall–Kier alpha value is -2.11. The lowest BCUT2D eigenvalue weighted by Gasteiger charge is -2.21. The smallest absolute Gasteiger partial charge is 0.408 e. The molecule has 6 heteroatoms. The van der Waals surface area contributed by atoms with Crippen LogP contribution in [0.15, 0.2) is 24.3 Å². The monoisotopic (exact) mass is 296 g/mol. The van der Waals surface area contributed by atoms with Gasteiger partial charge in [-0.3, -0.25) is 4.79 Å². The molecule has 0 fully saturated rings. The standard InChI is InChI=1S/C15H21FN2O3/c1-10(18-14(20)21-15(2,3)4)13(19)17-9-11-7-5-6-8-12(11)16/h5-8,10H,9H2,1-4H3,(H,17,19)(H,18,20)/t10-/m1/s1. The van der Waals surface area contributed by atoms with Gasteiger partial charge >= 0.3 is 6.09 Å². The molecule has 0 spiro atoms. The molecule has 0 aromatic heterocycles. The number of hydrogen-bond donors (Lipinski definition) is 2. The quantitative estimate of drug-likeness (QED) is 0.896. The van der Waals surface area contributed by atoms with E-state index in [2.05, 4.69) is 10.6 Å². The molecule has 0 heterocycles. The summed E-state index contributed by atoms with van der Waals surface area (Å²) < 4.78 is 18.4. The zero-order chi connectivity index (χ0) is 16.0. The van der Waals surface area contributed by atoms with Crippen LogP contribution in [0, 0.1) is 5.82 Å². The van der Waals surface area contributed by atoms with E-state index in [0.29, 0.717) is 5.56 Å². The van der Waals surface area contributed by atoms with Crippen molar-refractivity contribution in [2.45, 2.75) is 45.9 Å². The Morgan fingerprint density at radius 3 is 2.48 bits per heavy atom. The third kappa shape index (κ3) is 6.25. The molecular formula is C15H21FN2O3. The molecule has 1 rings (SSSR count). The lowest BCUT2D eigenvalue weighted by molar-refractivity contribution is -0.122. The molecule has 0 saturated heterocycles. The van der Waals surface area contributed by atoms with Crippen molar-refractivity contribution in [1.29, 1.82) is 0 Å². The van der Waals surface area contributed by atoms with E-state index in [0.717, 1.165) is 0 Å². The topological polar surface area (TPSA) is 67.4 Å². The average Bonchev–Trinajstić information content (AvgIpc) is 2.34. The predicted octanol–water partition coefficient (Wildman–Crippen LogP) is 2.36. The highest BCUT2D eigenvalue weighted by molar-refractivity contribution is 5.85. The number of hydrogen-bond acceptors (Lipinski definition) is 3. The summed E-state index contributed by atoms with van der Waals surface area (Å²) in [7, 11) is 0. The second kappa shape index (κ2) is 7.06. The van der Waals surface area contributed by atoms with Crippen molar-refractivity contribution in [1.82, 2.24) is 10.6 Å². The third-order valence-electron chi connectivity index (χ3n) is 2.54. The van der Waals surface area contributed by atoms with Gasteiger partial charge in [-0.2, -0.15) is 0 Å². The van der Waals surface area contributed by atoms with Gasteiger partial charge in [-0.15, -0.1) is 0 Å². The van der Waals surface area contributed by atoms with Crippen molar-refractivity contribution in [3.63, 3.8) is 0 Å². The second-order valence-corrected chi connectivity index (χ2v) is 5.68. The minimum Gasteiger partial charge on any atom is -0.444 e. The van der Waals surface area contributed by atoms with Crippen LogP contribution in [-0.4, -0.2) is 23.6 Å². The van der Waals surface area contributed by atoms with Gasteiger partial charge in [0.1, 0.15) is 17.5 Å². The highest BCUT2D eigenvalue weighted by Crippen LogP contribution is 2.07. The zero-order valence-corrected chi connectivity index (χ0v) is 12.7. The largest absolute Gasteiger partial charge is 0.444 e. The molecular weight excluding hydrogens is 275 g/mol. The van der Waals surface area contributed by atoms with Crippen LogP contribution in [0.4, 0.5) is 9.18 Å². The number of nitrogens with one attached hydrogen (secondary N) is 2. The molecule has 1 aromatic rings. The van der Waals surface area contributed by atoms with Crippen LogP contribution in [0.2, 0.25) is 0 Å². The Balaban J connectivity index is 2.45. The highest BCUT2D eigenvalue weighted by Gasteiger charge is 2.20. The summed E-state index contributed by atoms with van der Waals surface area (Å²) in [6.45, 7) is 6.78. The molecule has 0 bridgehead atoms. The Kier molecular flexibility index (Phi) is 5.69. The van der Waals surface area contributed by atoms with E-state index >= 15 is 0 Å². The van der Waals surface area contributed by atoms with E-state index in [1.165, 1.54) is 13.0 Å². The van der Waals surface area contributed by atoms with E-state index in [4.69, 9.17) is 4.74 Å². The maximum atomic E-state index is 13.4. The SMILES string of the molecule is C[C@@H](NC(=O)OC(C)(C)C)C(=O)NCc1ccccc1F. The molecule has 21 heavy (non-hydrogen) atoms. The zero-order valence-electron chi connectivity index (χ0n) is 12.7. The number of amides is 2. The van der Waals surface area contributed by atoms with Gasteiger partial charge in [0.2, 0.25) is 5.91 Å². The van der Waals surface area contributed by atoms with Crippen LogP contribution in [0.5, 0.6) is 0 Å². The van der Waals surface area contributed by atoms with E-state index in [9.17, 15) is 14.0 Å². The van der Waals surface area contributed by atoms with Crippen molar-refractivity contribution < 1.29 is 18.7 Å². The Labute approximate surface area is 123 Å². The number of carbonyl (C=O) groups excluding carboxylic acids is 2. The first-order chi connectivity index (χ1) is 9.69. The number of halogens is 1. The summed E-state index contributed by atoms with van der Waals surface area (Å²) >= 11 is 0. The van der Waals surface area contributed by atoms with Crippen LogP contribution in [0.1, 0.15) is 33.3 Å². The van der Waals surface area contributed by atoms with E-state index in [-0.39, 0.29) is 12.4 Å². The van der Waals surface area contributed by atoms with E-state index < -0.39 is 23.6 Å². The van der Waals surface area contributed by atoms with Gasteiger partial charge in [-0.1, -0.05) is 18.2 Å². The van der Waals surface area contributed by atoms with Gasteiger partial charge in [0, 0.05) is 12.1 Å². The number of rotatable bonds is 4. The molecule has 2 amide bonds. The summed E-state index contributed by atoms with van der Waals surface area (Å²) in [5, 5.41) is 4.98. The fourth-order valence-electron chi connectivity index (χ4n) is 1.53. The minimum absolute atomic E-state index is 0.0614. The molecule has 0 aliphatic carbocycles. The molecule has 0 aliphatic rings. The van der Waals surface area contributed by atoms with Crippen molar-refractivity contribution >= 4 is 12.0 Å². The van der Waals surface area contributed by atoms with E-state index in [1.807, 2.05) is 0 Å². The summed E-state index contributed by atoms with van der Waals surface area (Å²) in [5.74, 6) is -0.797. The van der Waals surface area contributed by atoms with Crippen LogP contribution in [-0.2, 0) is 16.1 Å². The highest BCUT2D eigenvalue weighted by atomic mass is 19.1. The number of alkyl carbamates (subject to hydrolysis) is 1. The number of carbonyl (C=O) groups is 2. The molecule has 1 aromatic carbocycles. The maximum absolute atomic E-state index is 13.4. The van der Waals surface area contributed by atoms with Crippen molar-refractivity contribution in [3.8, 4) is 0 Å². The Morgan fingerprint density at radius 1 is 1.29 bits per heavy atom. The van der Waals surface area contributed by atoms with Gasteiger partial charge in [0.15, 0.2) is 0 Å². The molecule has 1 atom stereocenters. The second-order valence-electron chi connectivity index (χ2n) is 5.68. The van der Waals surface area contributed by atoms with Gasteiger partial charge < -0.3 is 15.4 Å². The molecule has 116 valence electrons. The first-order valence-electron chi connectivity index (χ1n) is 6.69. The van der Waals surface area contributed by atoms with Crippen LogP contribution in [0.25, 0.3) is 0 Å². The maximum Gasteiger partial charge on any atom is 0.408 e. The molecule has 2 N–H and O–H groups in total. The van der Waals surface area contributed by atoms with Crippen LogP contribution >= 0.6 is 0 Å². The number of ether oxygens (including phenoxy) is 1. The summed E-state index contributed by atoms with van der Waals surface area (Å²) in [4.78, 5) is 23.4. The first-order valence-corrected chi connectivity index (χ1v) is 6.69. The summed E-state index contributed by atoms with van der Waals surface area (Å²) in [6.07, 6.45) is -0.670. The molecule has 0 unspecified atom stereocenters.